The summed E-state index contributed by atoms with van der Waals surface area (Å²) in [4.78, 5) is 6.51. The molecule has 1 aromatic heterocycles. The number of nitrogens with two attached hydrogens (primary N) is 1. The zero-order valence-electron chi connectivity index (χ0n) is 11.0. The van der Waals surface area contributed by atoms with Gasteiger partial charge in [-0.05, 0) is 37.2 Å². The zero-order valence-corrected chi connectivity index (χ0v) is 11.0. The summed E-state index contributed by atoms with van der Waals surface area (Å²) in [5.74, 6) is 1.01. The van der Waals surface area contributed by atoms with Crippen molar-refractivity contribution in [1.82, 2.24) is 9.55 Å². The fourth-order valence-corrected chi connectivity index (χ4v) is 1.92. The fraction of sp³-hybridized carbons (Fsp3) is 0.357. The molecule has 0 aliphatic heterocycles. The van der Waals surface area contributed by atoms with Gasteiger partial charge >= 0.3 is 0 Å². The van der Waals surface area contributed by atoms with Crippen LogP contribution in [0.1, 0.15) is 6.42 Å². The molecule has 2 rings (SSSR count). The molecule has 0 unspecified atom stereocenters. The van der Waals surface area contributed by atoms with Gasteiger partial charge in [-0.25, -0.2) is 4.98 Å². The summed E-state index contributed by atoms with van der Waals surface area (Å²) in [6, 6.07) is 8.43. The van der Waals surface area contributed by atoms with Crippen LogP contribution in [0.25, 0.3) is 11.4 Å². The number of imidazole rings is 1. The van der Waals surface area contributed by atoms with Crippen molar-refractivity contribution in [2.75, 3.05) is 25.5 Å². The fourth-order valence-electron chi connectivity index (χ4n) is 1.92. The predicted molar refractivity (Wildman–Crippen MR) is 75.7 cm³/mol. The van der Waals surface area contributed by atoms with Gasteiger partial charge in [0.25, 0.3) is 0 Å². The Kier molecular flexibility index (Phi) is 3.99. The smallest absolute Gasteiger partial charge is 0.139 e. The van der Waals surface area contributed by atoms with Gasteiger partial charge in [0.2, 0.25) is 0 Å². The Morgan fingerprint density at radius 3 is 2.56 bits per heavy atom. The van der Waals surface area contributed by atoms with Crippen LogP contribution in [0.4, 0.5) is 5.69 Å². The monoisotopic (exact) mass is 244 g/mol. The van der Waals surface area contributed by atoms with Crippen LogP contribution in [0, 0.1) is 0 Å². The second-order valence-electron chi connectivity index (χ2n) is 4.53. The highest BCUT2D eigenvalue weighted by Gasteiger charge is 2.05. The van der Waals surface area contributed by atoms with Crippen molar-refractivity contribution in [2.45, 2.75) is 13.0 Å². The molecule has 0 amide bonds. The SMILES string of the molecule is CN(C)c1ccc(-c2nccn2CCCN)cc1. The van der Waals surface area contributed by atoms with Gasteiger partial charge in [-0.15, -0.1) is 0 Å². The highest BCUT2D eigenvalue weighted by atomic mass is 15.1. The van der Waals surface area contributed by atoms with E-state index in [2.05, 4.69) is 38.7 Å². The molecule has 0 atom stereocenters. The minimum atomic E-state index is 0.706. The molecule has 2 N–H and O–H groups in total. The van der Waals surface area contributed by atoms with Crippen LogP contribution in [0.5, 0.6) is 0 Å². The summed E-state index contributed by atoms with van der Waals surface area (Å²) in [5.41, 5.74) is 7.88. The molecule has 0 radical (unpaired) electrons. The molecule has 4 nitrogen and oxygen atoms in total. The van der Waals surface area contributed by atoms with Crippen molar-refractivity contribution < 1.29 is 0 Å². The number of aryl methyl sites for hydroxylation is 1. The number of aromatic nitrogens is 2. The van der Waals surface area contributed by atoms with Gasteiger partial charge in [-0.1, -0.05) is 0 Å². The highest BCUT2D eigenvalue weighted by Crippen LogP contribution is 2.21. The van der Waals surface area contributed by atoms with Crippen molar-refractivity contribution in [3.05, 3.63) is 36.7 Å². The van der Waals surface area contributed by atoms with E-state index >= 15 is 0 Å². The standard InChI is InChI=1S/C14H20N4/c1-17(2)13-6-4-12(5-7-13)14-16-9-11-18(14)10-3-8-15/h4-7,9,11H,3,8,10,15H2,1-2H3. The summed E-state index contributed by atoms with van der Waals surface area (Å²) >= 11 is 0. The van der Waals surface area contributed by atoms with E-state index < -0.39 is 0 Å². The first-order chi connectivity index (χ1) is 8.72. The van der Waals surface area contributed by atoms with Crippen molar-refractivity contribution in [2.24, 2.45) is 5.73 Å². The summed E-state index contributed by atoms with van der Waals surface area (Å²) in [7, 11) is 4.08. The minimum Gasteiger partial charge on any atom is -0.378 e. The van der Waals surface area contributed by atoms with Crippen LogP contribution in [-0.2, 0) is 6.54 Å². The number of nitrogens with zero attached hydrogens (tertiary/aromatic N) is 3. The molecule has 0 aliphatic rings. The lowest BCUT2D eigenvalue weighted by atomic mass is 10.2. The maximum Gasteiger partial charge on any atom is 0.139 e. The average Bonchev–Trinajstić information content (AvgIpc) is 2.84. The third-order valence-corrected chi connectivity index (χ3v) is 2.96. The molecule has 0 saturated carbocycles. The van der Waals surface area contributed by atoms with Crippen LogP contribution in [0.3, 0.4) is 0 Å². The minimum absolute atomic E-state index is 0.706. The second-order valence-corrected chi connectivity index (χ2v) is 4.53. The van der Waals surface area contributed by atoms with Gasteiger partial charge in [0.15, 0.2) is 0 Å². The zero-order chi connectivity index (χ0) is 13.0. The van der Waals surface area contributed by atoms with E-state index in [-0.39, 0.29) is 0 Å². The molecule has 1 aromatic carbocycles. The van der Waals surface area contributed by atoms with Crippen molar-refractivity contribution in [3.63, 3.8) is 0 Å². The van der Waals surface area contributed by atoms with Crippen molar-refractivity contribution in [1.29, 1.82) is 0 Å². The van der Waals surface area contributed by atoms with Crippen LogP contribution in [-0.4, -0.2) is 30.2 Å². The van der Waals surface area contributed by atoms with Crippen molar-refractivity contribution in [3.8, 4) is 11.4 Å². The third-order valence-electron chi connectivity index (χ3n) is 2.96. The van der Waals surface area contributed by atoms with E-state index in [1.807, 2.05) is 26.5 Å². The average molecular weight is 244 g/mol. The molecular formula is C14H20N4. The van der Waals surface area contributed by atoms with Crippen molar-refractivity contribution >= 4 is 5.69 Å². The number of hydrogen-bond acceptors (Lipinski definition) is 3. The molecule has 4 heteroatoms. The van der Waals surface area contributed by atoms with Gasteiger partial charge in [0, 0.05) is 44.3 Å². The Balaban J connectivity index is 2.23. The Morgan fingerprint density at radius 1 is 1.22 bits per heavy atom. The molecule has 96 valence electrons. The molecular weight excluding hydrogens is 224 g/mol. The topological polar surface area (TPSA) is 47.1 Å². The Hall–Kier alpha value is -1.81. The van der Waals surface area contributed by atoms with Gasteiger partial charge in [0.05, 0.1) is 0 Å². The van der Waals surface area contributed by atoms with Gasteiger partial charge in [-0.3, -0.25) is 0 Å². The van der Waals surface area contributed by atoms with Gasteiger partial charge in [-0.2, -0.15) is 0 Å². The predicted octanol–water partition coefficient (Wildman–Crippen LogP) is 1.96. The first-order valence-electron chi connectivity index (χ1n) is 6.21. The van der Waals surface area contributed by atoms with E-state index in [4.69, 9.17) is 5.73 Å². The van der Waals surface area contributed by atoms with Crippen LogP contribution < -0.4 is 10.6 Å². The second kappa shape index (κ2) is 5.69. The summed E-state index contributed by atoms with van der Waals surface area (Å²) in [6.07, 6.45) is 4.82. The van der Waals surface area contributed by atoms with E-state index in [1.165, 1.54) is 5.69 Å². The lowest BCUT2D eigenvalue weighted by Crippen LogP contribution is -2.08. The Labute approximate surface area is 108 Å². The maximum absolute atomic E-state index is 5.55. The molecule has 0 aliphatic carbocycles. The van der Waals surface area contributed by atoms with E-state index in [1.54, 1.807) is 0 Å². The molecule has 1 heterocycles. The Bertz CT molecular complexity index is 485. The summed E-state index contributed by atoms with van der Waals surface area (Å²) < 4.78 is 2.15. The molecule has 0 bridgehead atoms. The van der Waals surface area contributed by atoms with E-state index in [0.717, 1.165) is 24.4 Å². The molecule has 0 fully saturated rings. The first kappa shape index (κ1) is 12.6. The lowest BCUT2D eigenvalue weighted by Gasteiger charge is -2.13. The first-order valence-corrected chi connectivity index (χ1v) is 6.21. The molecule has 0 spiro atoms. The number of benzene rings is 1. The van der Waals surface area contributed by atoms with Gasteiger partial charge in [0.1, 0.15) is 5.82 Å². The molecule has 18 heavy (non-hydrogen) atoms. The van der Waals surface area contributed by atoms with Crippen LogP contribution in [0.2, 0.25) is 0 Å². The summed E-state index contributed by atoms with van der Waals surface area (Å²) in [5, 5.41) is 0. The number of rotatable bonds is 5. The molecule has 0 saturated heterocycles. The van der Waals surface area contributed by atoms with E-state index in [0.29, 0.717) is 6.54 Å². The molecule has 2 aromatic rings. The van der Waals surface area contributed by atoms with Gasteiger partial charge < -0.3 is 15.2 Å². The maximum atomic E-state index is 5.55. The highest BCUT2D eigenvalue weighted by molar-refractivity contribution is 5.60. The normalized spacial score (nSPS) is 10.6. The lowest BCUT2D eigenvalue weighted by molar-refractivity contribution is 0.656. The number of hydrogen-bond donors (Lipinski definition) is 1. The number of anilines is 1. The van der Waals surface area contributed by atoms with Crippen LogP contribution in [0.15, 0.2) is 36.7 Å². The van der Waals surface area contributed by atoms with Crippen LogP contribution >= 0.6 is 0 Å². The third kappa shape index (κ3) is 2.71. The Morgan fingerprint density at radius 2 is 1.94 bits per heavy atom. The quantitative estimate of drug-likeness (QED) is 0.874. The summed E-state index contributed by atoms with van der Waals surface area (Å²) in [6.45, 7) is 1.62. The largest absolute Gasteiger partial charge is 0.378 e. The van der Waals surface area contributed by atoms with E-state index in [9.17, 15) is 0 Å².